The van der Waals surface area contributed by atoms with Gasteiger partial charge in [0.25, 0.3) is 0 Å². The van der Waals surface area contributed by atoms with Gasteiger partial charge in [-0.25, -0.2) is 0 Å². The second kappa shape index (κ2) is 14.2. The summed E-state index contributed by atoms with van der Waals surface area (Å²) in [5.74, 6) is 0.132. The number of amides is 1. The minimum absolute atomic E-state index is 0. The maximum atomic E-state index is 11.3. The normalized spacial score (nSPS) is 15.6. The van der Waals surface area contributed by atoms with E-state index < -0.39 is 0 Å². The van der Waals surface area contributed by atoms with Crippen LogP contribution in [0.25, 0.3) is 0 Å². The van der Waals surface area contributed by atoms with Crippen LogP contribution in [0, 0.1) is 0 Å². The molecule has 114 valence electrons. The quantitative estimate of drug-likeness (QED) is 0.430. The Labute approximate surface area is 129 Å². The molecule has 0 aromatic heterocycles. The smallest absolute Gasteiger partial charge is 0.220 e. The molecule has 3 nitrogen and oxygen atoms in total. The van der Waals surface area contributed by atoms with Crippen molar-refractivity contribution >= 4 is 30.7 Å². The van der Waals surface area contributed by atoms with E-state index in [9.17, 15) is 4.79 Å². The number of halogens is 2. The first kappa shape index (κ1) is 21.1. The average molecular weight is 311 g/mol. The van der Waals surface area contributed by atoms with Gasteiger partial charge in [-0.2, -0.15) is 0 Å². The molecule has 0 aromatic carbocycles. The van der Waals surface area contributed by atoms with Crippen LogP contribution < -0.4 is 10.6 Å². The molecule has 1 saturated carbocycles. The molecule has 0 heterocycles. The molecule has 1 aliphatic carbocycles. The highest BCUT2D eigenvalue weighted by Gasteiger charge is 2.10. The van der Waals surface area contributed by atoms with Gasteiger partial charge in [-0.3, -0.25) is 4.79 Å². The van der Waals surface area contributed by atoms with E-state index in [0.29, 0.717) is 12.5 Å². The van der Waals surface area contributed by atoms with E-state index >= 15 is 0 Å². The third-order valence-corrected chi connectivity index (χ3v) is 3.31. The lowest BCUT2D eigenvalue weighted by atomic mass is 10.1. The molecule has 1 rings (SSSR count). The maximum Gasteiger partial charge on any atom is 0.220 e. The van der Waals surface area contributed by atoms with Gasteiger partial charge in [0, 0.05) is 25.6 Å². The van der Waals surface area contributed by atoms with Crippen LogP contribution in [0.5, 0.6) is 0 Å². The molecule has 0 aliphatic heterocycles. The van der Waals surface area contributed by atoms with Crippen molar-refractivity contribution < 1.29 is 4.79 Å². The third kappa shape index (κ3) is 11.3. The Morgan fingerprint density at radius 1 is 1.11 bits per heavy atom. The molecule has 0 unspecified atom stereocenters. The van der Waals surface area contributed by atoms with Crippen molar-refractivity contribution in [1.82, 2.24) is 10.6 Å². The third-order valence-electron chi connectivity index (χ3n) is 3.31. The topological polar surface area (TPSA) is 41.1 Å². The summed E-state index contributed by atoms with van der Waals surface area (Å²) in [6.45, 7) is 5.24. The molecule has 1 fully saturated rings. The van der Waals surface area contributed by atoms with E-state index in [0.717, 1.165) is 19.5 Å². The van der Waals surface area contributed by atoms with Gasteiger partial charge < -0.3 is 10.6 Å². The fraction of sp³-hybridized carbons (Fsp3) is 0.786. The lowest BCUT2D eigenvalue weighted by molar-refractivity contribution is -0.120. The minimum atomic E-state index is 0. The van der Waals surface area contributed by atoms with Crippen molar-refractivity contribution in [2.24, 2.45) is 0 Å². The number of allylic oxidation sites excluding steroid dienone is 1. The van der Waals surface area contributed by atoms with Crippen LogP contribution in [0.3, 0.4) is 0 Å². The zero-order valence-corrected chi connectivity index (χ0v) is 13.3. The summed E-state index contributed by atoms with van der Waals surface area (Å²) >= 11 is 0. The van der Waals surface area contributed by atoms with Crippen LogP contribution in [0.2, 0.25) is 0 Å². The van der Waals surface area contributed by atoms with E-state index in [4.69, 9.17) is 0 Å². The van der Waals surface area contributed by atoms with Gasteiger partial charge in [0.1, 0.15) is 0 Å². The summed E-state index contributed by atoms with van der Waals surface area (Å²) in [5, 5.41) is 6.46. The lowest BCUT2D eigenvalue weighted by Gasteiger charge is -2.16. The van der Waals surface area contributed by atoms with Gasteiger partial charge in [0.2, 0.25) is 5.91 Å². The van der Waals surface area contributed by atoms with E-state index in [1.807, 2.05) is 0 Å². The Hall–Kier alpha value is -0.250. The molecule has 0 radical (unpaired) electrons. The molecule has 1 aliphatic rings. The van der Waals surface area contributed by atoms with Gasteiger partial charge in [0.05, 0.1) is 0 Å². The van der Waals surface area contributed by atoms with Crippen LogP contribution in [-0.4, -0.2) is 25.0 Å². The molecular formula is C14H28Cl2N2O. The first-order valence-electron chi connectivity index (χ1n) is 6.94. The molecule has 5 heteroatoms. The zero-order chi connectivity index (χ0) is 12.3. The van der Waals surface area contributed by atoms with Crippen LogP contribution in [-0.2, 0) is 4.79 Å². The molecule has 0 aromatic rings. The molecule has 2 N–H and O–H groups in total. The number of hydrogen-bond acceptors (Lipinski definition) is 2. The van der Waals surface area contributed by atoms with Crippen molar-refractivity contribution in [3.8, 4) is 0 Å². The second-order valence-electron chi connectivity index (χ2n) is 4.82. The fourth-order valence-electron chi connectivity index (χ4n) is 2.28. The zero-order valence-electron chi connectivity index (χ0n) is 11.7. The van der Waals surface area contributed by atoms with Gasteiger partial charge in [-0.1, -0.05) is 31.8 Å². The van der Waals surface area contributed by atoms with Gasteiger partial charge in [-0.15, -0.1) is 31.4 Å². The van der Waals surface area contributed by atoms with Gasteiger partial charge in [0.15, 0.2) is 0 Å². The van der Waals surface area contributed by atoms with Gasteiger partial charge >= 0.3 is 0 Å². The molecule has 0 atom stereocenters. The Bertz CT molecular complexity index is 229. The summed E-state index contributed by atoms with van der Waals surface area (Å²) in [6, 6.07) is 0.669. The van der Waals surface area contributed by atoms with E-state index in [1.54, 1.807) is 6.08 Å². The second-order valence-corrected chi connectivity index (χ2v) is 4.82. The predicted octanol–water partition coefficient (Wildman–Crippen LogP) is 3.22. The number of hydrogen-bond donors (Lipinski definition) is 2. The number of nitrogens with one attached hydrogen (secondary N) is 2. The molecule has 0 saturated heterocycles. The largest absolute Gasteiger partial charge is 0.355 e. The highest BCUT2D eigenvalue weighted by molar-refractivity contribution is 5.85. The van der Waals surface area contributed by atoms with Crippen LogP contribution in [0.15, 0.2) is 12.7 Å². The summed E-state index contributed by atoms with van der Waals surface area (Å²) in [7, 11) is 0. The summed E-state index contributed by atoms with van der Waals surface area (Å²) in [5.41, 5.74) is 0. The highest BCUT2D eigenvalue weighted by atomic mass is 35.5. The van der Waals surface area contributed by atoms with Crippen LogP contribution >= 0.6 is 24.8 Å². The lowest BCUT2D eigenvalue weighted by Crippen LogP contribution is -2.36. The van der Waals surface area contributed by atoms with Crippen LogP contribution in [0.1, 0.15) is 51.4 Å². The monoisotopic (exact) mass is 310 g/mol. The summed E-state index contributed by atoms with van der Waals surface area (Å²) in [6.07, 6.45) is 11.2. The molecule has 0 spiro atoms. The Morgan fingerprint density at radius 3 is 2.32 bits per heavy atom. The maximum absolute atomic E-state index is 11.3. The van der Waals surface area contributed by atoms with Crippen molar-refractivity contribution in [1.29, 1.82) is 0 Å². The van der Waals surface area contributed by atoms with E-state index in [2.05, 4.69) is 17.2 Å². The molecule has 1 amide bonds. The van der Waals surface area contributed by atoms with E-state index in [1.165, 1.54) is 38.5 Å². The van der Waals surface area contributed by atoms with Crippen molar-refractivity contribution in [2.75, 3.05) is 13.1 Å². The van der Waals surface area contributed by atoms with Crippen LogP contribution in [0.4, 0.5) is 0 Å². The Morgan fingerprint density at radius 2 is 1.74 bits per heavy atom. The van der Waals surface area contributed by atoms with Crippen molar-refractivity contribution in [3.63, 3.8) is 0 Å². The number of carbonyl (C=O) groups is 1. The fourth-order valence-corrected chi connectivity index (χ4v) is 2.28. The van der Waals surface area contributed by atoms with Crippen molar-refractivity contribution in [3.05, 3.63) is 12.7 Å². The van der Waals surface area contributed by atoms with Gasteiger partial charge in [-0.05, 0) is 19.3 Å². The molecular weight excluding hydrogens is 283 g/mol. The summed E-state index contributed by atoms with van der Waals surface area (Å²) < 4.78 is 0. The van der Waals surface area contributed by atoms with Crippen molar-refractivity contribution in [2.45, 2.75) is 57.4 Å². The SMILES string of the molecule is C=CCCC(=O)NCCNC1CCCCCC1.Cl.Cl. The number of rotatable bonds is 7. The minimum Gasteiger partial charge on any atom is -0.355 e. The Kier molecular flexibility index (Phi) is 15.7. The summed E-state index contributed by atoms with van der Waals surface area (Å²) in [4.78, 5) is 11.3. The predicted molar refractivity (Wildman–Crippen MR) is 86.4 cm³/mol. The molecule has 19 heavy (non-hydrogen) atoms. The first-order valence-corrected chi connectivity index (χ1v) is 6.94. The number of carbonyl (C=O) groups excluding carboxylic acids is 1. The Balaban J connectivity index is 0. The average Bonchev–Trinajstić information content (AvgIpc) is 2.60. The standard InChI is InChI=1S/C14H26N2O.2ClH/c1-2-3-10-14(17)16-12-11-15-13-8-6-4-5-7-9-13;;/h2,13,15H,1,3-12H2,(H,16,17);2*1H. The first-order chi connectivity index (χ1) is 8.33. The van der Waals surface area contributed by atoms with E-state index in [-0.39, 0.29) is 30.7 Å². The molecule has 0 bridgehead atoms. The highest BCUT2D eigenvalue weighted by Crippen LogP contribution is 2.16.